The zero-order valence-corrected chi connectivity index (χ0v) is 12.8. The van der Waals surface area contributed by atoms with Crippen LogP contribution in [0.25, 0.3) is 0 Å². The molecule has 0 fully saturated rings. The Hall–Kier alpha value is 0.0969. The van der Waals surface area contributed by atoms with Crippen LogP contribution in [-0.4, -0.2) is 8.07 Å². The first-order chi connectivity index (χ1) is 7.09. The molecule has 0 saturated heterocycles. The van der Waals surface area contributed by atoms with Crippen LogP contribution in [0, 0.1) is 9.39 Å². The first kappa shape index (κ1) is 13.2. The normalized spacial score (nSPS) is 11.8. The van der Waals surface area contributed by atoms with Gasteiger partial charge in [0.25, 0.3) is 0 Å². The number of rotatable bonds is 4. The molecule has 0 spiro atoms. The molecule has 0 aliphatic rings. The Balaban J connectivity index is 3.27. The predicted molar refractivity (Wildman–Crippen MR) is 75.9 cm³/mol. The smallest absolute Gasteiger partial charge is 0.122 e. The lowest BCUT2D eigenvalue weighted by molar-refractivity contribution is 0.634. The Morgan fingerprint density at radius 3 is 2.13 bits per heavy atom. The molecule has 1 aromatic carbocycles. The highest BCUT2D eigenvalue weighted by atomic mass is 127. The van der Waals surface area contributed by atoms with Crippen molar-refractivity contribution >= 4 is 35.9 Å². The molecule has 0 radical (unpaired) electrons. The monoisotopic (exact) mass is 336 g/mol. The minimum absolute atomic E-state index is 0.00707. The minimum Gasteiger partial charge on any atom is -0.207 e. The largest absolute Gasteiger partial charge is 0.207 e. The van der Waals surface area contributed by atoms with E-state index in [1.165, 1.54) is 0 Å². The van der Waals surface area contributed by atoms with Crippen molar-refractivity contribution in [2.75, 3.05) is 0 Å². The van der Waals surface area contributed by atoms with E-state index in [1.54, 1.807) is 6.07 Å². The average molecular weight is 336 g/mol. The molecule has 0 nitrogen and oxygen atoms in total. The molecule has 0 bridgehead atoms. The van der Waals surface area contributed by atoms with E-state index >= 15 is 0 Å². The van der Waals surface area contributed by atoms with Crippen LogP contribution in [0.15, 0.2) is 18.2 Å². The highest BCUT2D eigenvalue weighted by molar-refractivity contribution is 14.1. The van der Waals surface area contributed by atoms with Gasteiger partial charge in [-0.05, 0) is 46.0 Å². The van der Waals surface area contributed by atoms with Gasteiger partial charge in [0.05, 0.1) is 8.07 Å². The van der Waals surface area contributed by atoms with E-state index in [9.17, 15) is 4.39 Å². The molecule has 0 aliphatic carbocycles. The number of benzene rings is 1. The van der Waals surface area contributed by atoms with Gasteiger partial charge in [-0.1, -0.05) is 38.9 Å². The summed E-state index contributed by atoms with van der Waals surface area (Å²) < 4.78 is 15.0. The molecule has 1 rings (SSSR count). The molecule has 1 aromatic rings. The SMILES string of the molecule is CC[Si](CC)(CC)c1cc(I)ccc1F. The van der Waals surface area contributed by atoms with E-state index in [2.05, 4.69) is 49.4 Å². The second-order valence-electron chi connectivity index (χ2n) is 3.97. The second-order valence-corrected chi connectivity index (χ2v) is 10.4. The van der Waals surface area contributed by atoms with Crippen LogP contribution in [0.1, 0.15) is 20.8 Å². The molecule has 0 N–H and O–H groups in total. The van der Waals surface area contributed by atoms with Gasteiger partial charge in [0, 0.05) is 3.57 Å². The van der Waals surface area contributed by atoms with Crippen molar-refractivity contribution in [3.05, 3.63) is 27.6 Å². The fraction of sp³-hybridized carbons (Fsp3) is 0.500. The Labute approximate surface area is 106 Å². The van der Waals surface area contributed by atoms with Gasteiger partial charge in [-0.25, -0.2) is 4.39 Å². The van der Waals surface area contributed by atoms with Crippen molar-refractivity contribution in [3.63, 3.8) is 0 Å². The summed E-state index contributed by atoms with van der Waals surface area (Å²) in [6.07, 6.45) is 0. The standard InChI is InChI=1S/C12H18FISi/c1-4-15(5-2,6-3)12-9-10(14)7-8-11(12)13/h7-9H,4-6H2,1-3H3. The topological polar surface area (TPSA) is 0 Å². The van der Waals surface area contributed by atoms with Crippen LogP contribution >= 0.6 is 22.6 Å². The highest BCUT2D eigenvalue weighted by Gasteiger charge is 2.31. The second kappa shape index (κ2) is 5.43. The highest BCUT2D eigenvalue weighted by Crippen LogP contribution is 2.22. The fourth-order valence-corrected chi connectivity index (χ4v) is 6.70. The van der Waals surface area contributed by atoms with E-state index < -0.39 is 8.07 Å². The number of hydrogen-bond donors (Lipinski definition) is 0. The van der Waals surface area contributed by atoms with Gasteiger partial charge in [0.2, 0.25) is 0 Å². The van der Waals surface area contributed by atoms with Gasteiger partial charge in [0.15, 0.2) is 0 Å². The summed E-state index contributed by atoms with van der Waals surface area (Å²) in [5, 5.41) is 1.03. The minimum atomic E-state index is -1.55. The average Bonchev–Trinajstić information content (AvgIpc) is 2.26. The van der Waals surface area contributed by atoms with Crippen molar-refractivity contribution < 1.29 is 4.39 Å². The first-order valence-corrected chi connectivity index (χ1v) is 9.25. The van der Waals surface area contributed by atoms with Crippen LogP contribution in [0.5, 0.6) is 0 Å². The Kier molecular flexibility index (Phi) is 4.77. The molecule has 0 heterocycles. The van der Waals surface area contributed by atoms with Gasteiger partial charge in [-0.15, -0.1) is 0 Å². The van der Waals surface area contributed by atoms with Gasteiger partial charge in [0.1, 0.15) is 5.82 Å². The Morgan fingerprint density at radius 1 is 1.13 bits per heavy atom. The van der Waals surface area contributed by atoms with Crippen LogP contribution in [-0.2, 0) is 0 Å². The summed E-state index contributed by atoms with van der Waals surface area (Å²) in [6, 6.07) is 8.93. The maximum Gasteiger partial charge on any atom is 0.122 e. The summed E-state index contributed by atoms with van der Waals surface area (Å²) in [7, 11) is -1.55. The predicted octanol–water partition coefficient (Wildman–Crippen LogP) is 4.15. The maximum atomic E-state index is 13.9. The Bertz CT molecular complexity index is 326. The summed E-state index contributed by atoms with van der Waals surface area (Å²) in [4.78, 5) is 0. The molecule has 0 aromatic heterocycles. The van der Waals surface area contributed by atoms with Crippen molar-refractivity contribution in [2.45, 2.75) is 38.9 Å². The van der Waals surface area contributed by atoms with Gasteiger partial charge in [-0.2, -0.15) is 0 Å². The third-order valence-electron chi connectivity index (χ3n) is 3.53. The zero-order valence-electron chi connectivity index (χ0n) is 9.61. The lowest BCUT2D eigenvalue weighted by Crippen LogP contribution is -2.47. The molecule has 3 heteroatoms. The molecular formula is C12H18FISi. The molecule has 0 amide bonds. The summed E-state index contributed by atoms with van der Waals surface area (Å²) >= 11 is 2.27. The van der Waals surface area contributed by atoms with Crippen molar-refractivity contribution in [2.24, 2.45) is 0 Å². The Morgan fingerprint density at radius 2 is 1.67 bits per heavy atom. The van der Waals surface area contributed by atoms with Crippen LogP contribution in [0.4, 0.5) is 4.39 Å². The van der Waals surface area contributed by atoms with Crippen molar-refractivity contribution in [1.29, 1.82) is 0 Å². The lowest BCUT2D eigenvalue weighted by Gasteiger charge is -2.29. The van der Waals surface area contributed by atoms with Gasteiger partial charge in [-0.3, -0.25) is 0 Å². The molecule has 0 unspecified atom stereocenters. The van der Waals surface area contributed by atoms with Gasteiger partial charge >= 0.3 is 0 Å². The zero-order chi connectivity index (χ0) is 11.5. The van der Waals surface area contributed by atoms with Crippen LogP contribution < -0.4 is 5.19 Å². The van der Waals surface area contributed by atoms with E-state index in [-0.39, 0.29) is 5.82 Å². The molecule has 15 heavy (non-hydrogen) atoms. The quantitative estimate of drug-likeness (QED) is 0.572. The van der Waals surface area contributed by atoms with Crippen molar-refractivity contribution in [3.8, 4) is 0 Å². The third-order valence-corrected chi connectivity index (χ3v) is 9.79. The number of hydrogen-bond acceptors (Lipinski definition) is 0. The lowest BCUT2D eigenvalue weighted by atomic mass is 10.3. The number of halogens is 2. The summed E-state index contributed by atoms with van der Waals surface area (Å²) in [5.41, 5.74) is 0. The van der Waals surface area contributed by atoms with E-state index in [0.29, 0.717) is 0 Å². The van der Waals surface area contributed by atoms with Crippen LogP contribution in [0.2, 0.25) is 18.1 Å². The molecule has 0 aliphatic heterocycles. The molecule has 84 valence electrons. The molecule has 0 atom stereocenters. The maximum absolute atomic E-state index is 13.9. The van der Waals surface area contributed by atoms with E-state index in [4.69, 9.17) is 0 Å². The molecule has 0 saturated carbocycles. The van der Waals surface area contributed by atoms with E-state index in [0.717, 1.165) is 26.9 Å². The third kappa shape index (κ3) is 2.61. The van der Waals surface area contributed by atoms with Gasteiger partial charge < -0.3 is 0 Å². The molecular weight excluding hydrogens is 318 g/mol. The van der Waals surface area contributed by atoms with Crippen molar-refractivity contribution in [1.82, 2.24) is 0 Å². The van der Waals surface area contributed by atoms with E-state index in [1.807, 2.05) is 6.07 Å². The summed E-state index contributed by atoms with van der Waals surface area (Å²) in [6.45, 7) is 6.62. The summed E-state index contributed by atoms with van der Waals surface area (Å²) in [5.74, 6) is 0.00707. The fourth-order valence-electron chi connectivity index (χ4n) is 2.23. The first-order valence-electron chi connectivity index (χ1n) is 5.55. The van der Waals surface area contributed by atoms with Crippen LogP contribution in [0.3, 0.4) is 0 Å².